The fourth-order valence-corrected chi connectivity index (χ4v) is 5.62. The molecule has 8 heteroatoms. The number of rotatable bonds is 10. The Balaban J connectivity index is 2.85. The largest absolute Gasteiger partial charge is 0.444 e. The molecule has 27 heavy (non-hydrogen) atoms. The van der Waals surface area contributed by atoms with Gasteiger partial charge in [0, 0.05) is 0 Å². The minimum Gasteiger partial charge on any atom is -0.444 e. The minimum atomic E-state index is -0.833. The summed E-state index contributed by atoms with van der Waals surface area (Å²) in [5, 5.41) is 13.8. The molecule has 1 aromatic rings. The standard InChI is InChI=1S/C19H31NO4S3/c1-18(2,3)24-17(22)20-15(16(21)19(25-4,26-5)27-6)13-23-12-14-10-8-7-9-11-14/h7-11,15-16,21H,12-13H2,1-6H3,(H,20,22)/t15-,16?/m0/s1. The van der Waals surface area contributed by atoms with Crippen LogP contribution in [0.4, 0.5) is 4.79 Å². The molecule has 0 aliphatic heterocycles. The highest BCUT2D eigenvalue weighted by molar-refractivity contribution is 8.33. The number of hydrogen-bond acceptors (Lipinski definition) is 7. The number of carbonyl (C=O) groups excluding carboxylic acids is 1. The van der Waals surface area contributed by atoms with Gasteiger partial charge in [-0.1, -0.05) is 30.3 Å². The maximum Gasteiger partial charge on any atom is 0.408 e. The quantitative estimate of drug-likeness (QED) is 0.536. The molecular weight excluding hydrogens is 402 g/mol. The predicted molar refractivity (Wildman–Crippen MR) is 119 cm³/mol. The van der Waals surface area contributed by atoms with Gasteiger partial charge in [-0.05, 0) is 45.1 Å². The van der Waals surface area contributed by atoms with E-state index in [9.17, 15) is 9.90 Å². The highest BCUT2D eigenvalue weighted by Gasteiger charge is 2.42. The van der Waals surface area contributed by atoms with Crippen LogP contribution in [0.25, 0.3) is 0 Å². The second-order valence-electron chi connectivity index (χ2n) is 6.91. The molecule has 0 radical (unpaired) electrons. The van der Waals surface area contributed by atoms with Crippen LogP contribution in [0.1, 0.15) is 26.3 Å². The molecule has 1 aromatic carbocycles. The maximum absolute atomic E-state index is 12.3. The number of aliphatic hydroxyl groups is 1. The summed E-state index contributed by atoms with van der Waals surface area (Å²) in [7, 11) is 0. The number of alkyl carbamates (subject to hydrolysis) is 1. The zero-order chi connectivity index (χ0) is 20.5. The molecule has 154 valence electrons. The molecule has 0 fully saturated rings. The Bertz CT molecular complexity index is 554. The fourth-order valence-electron chi connectivity index (χ4n) is 2.41. The lowest BCUT2D eigenvalue weighted by Crippen LogP contribution is -2.54. The Morgan fingerprint density at radius 1 is 1.11 bits per heavy atom. The number of amides is 1. The zero-order valence-electron chi connectivity index (χ0n) is 16.9. The van der Waals surface area contributed by atoms with Gasteiger partial charge in [0.25, 0.3) is 0 Å². The Labute approximate surface area is 175 Å². The van der Waals surface area contributed by atoms with Gasteiger partial charge < -0.3 is 19.9 Å². The van der Waals surface area contributed by atoms with Crippen LogP contribution >= 0.6 is 35.3 Å². The average Bonchev–Trinajstić information content (AvgIpc) is 2.62. The third kappa shape index (κ3) is 8.15. The summed E-state index contributed by atoms with van der Waals surface area (Å²) in [6.07, 6.45) is 4.45. The fraction of sp³-hybridized carbons (Fsp3) is 0.632. The number of carbonyl (C=O) groups is 1. The van der Waals surface area contributed by atoms with Gasteiger partial charge >= 0.3 is 6.09 Å². The number of thioether (sulfide) groups is 3. The highest BCUT2D eigenvalue weighted by Crippen LogP contribution is 2.46. The first-order valence-corrected chi connectivity index (χ1v) is 12.3. The van der Waals surface area contributed by atoms with Crippen LogP contribution in [0, 0.1) is 0 Å². The Morgan fingerprint density at radius 2 is 1.67 bits per heavy atom. The first-order chi connectivity index (χ1) is 12.7. The lowest BCUT2D eigenvalue weighted by atomic mass is 10.2. The Hall–Kier alpha value is -0.540. The van der Waals surface area contributed by atoms with Gasteiger partial charge in [0.1, 0.15) is 15.1 Å². The van der Waals surface area contributed by atoms with Crippen molar-refractivity contribution in [1.82, 2.24) is 5.32 Å². The van der Waals surface area contributed by atoms with E-state index in [1.165, 1.54) is 0 Å². The second-order valence-corrected chi connectivity index (χ2v) is 10.8. The SMILES string of the molecule is CSC(SC)(SC)C(O)[C@H](COCc1ccccc1)NC(=O)OC(C)(C)C. The van der Waals surface area contributed by atoms with E-state index in [2.05, 4.69) is 5.32 Å². The molecular formula is C19H31NO4S3. The topological polar surface area (TPSA) is 67.8 Å². The lowest BCUT2D eigenvalue weighted by molar-refractivity contribution is 0.0216. The van der Waals surface area contributed by atoms with Crippen molar-refractivity contribution in [2.75, 3.05) is 25.4 Å². The summed E-state index contributed by atoms with van der Waals surface area (Å²) in [6, 6.07) is 9.19. The smallest absolute Gasteiger partial charge is 0.408 e. The molecule has 1 unspecified atom stereocenters. The summed E-state index contributed by atoms with van der Waals surface area (Å²) < 4.78 is 10.6. The van der Waals surface area contributed by atoms with E-state index in [4.69, 9.17) is 9.47 Å². The number of benzene rings is 1. The van der Waals surface area contributed by atoms with Crippen LogP contribution in [-0.2, 0) is 16.1 Å². The van der Waals surface area contributed by atoms with Gasteiger partial charge in [-0.25, -0.2) is 4.79 Å². The molecule has 0 aromatic heterocycles. The number of aliphatic hydroxyl groups excluding tert-OH is 1. The molecule has 1 amide bonds. The van der Waals surface area contributed by atoms with Crippen molar-refractivity contribution in [2.45, 2.75) is 48.5 Å². The molecule has 0 aliphatic carbocycles. The monoisotopic (exact) mass is 433 g/mol. The summed E-state index contributed by atoms with van der Waals surface area (Å²) in [4.78, 5) is 12.3. The Kier molecular flexibility index (Phi) is 10.4. The second kappa shape index (κ2) is 11.5. The van der Waals surface area contributed by atoms with Crippen LogP contribution < -0.4 is 5.32 Å². The molecule has 0 saturated heterocycles. The van der Waals surface area contributed by atoms with E-state index in [1.807, 2.05) is 49.1 Å². The third-order valence-corrected chi connectivity index (χ3v) is 9.14. The normalized spacial score (nSPS) is 14.5. The first kappa shape index (κ1) is 24.5. The van der Waals surface area contributed by atoms with Crippen molar-refractivity contribution in [1.29, 1.82) is 0 Å². The summed E-state index contributed by atoms with van der Waals surface area (Å²) in [5.74, 6) is 0. The van der Waals surface area contributed by atoms with E-state index in [-0.39, 0.29) is 6.61 Å². The van der Waals surface area contributed by atoms with E-state index >= 15 is 0 Å². The molecule has 5 nitrogen and oxygen atoms in total. The molecule has 2 N–H and O–H groups in total. The molecule has 0 bridgehead atoms. The van der Waals surface area contributed by atoms with E-state index in [1.54, 1.807) is 56.1 Å². The highest BCUT2D eigenvalue weighted by atomic mass is 32.3. The summed E-state index contributed by atoms with van der Waals surface area (Å²) >= 11 is 4.66. The van der Waals surface area contributed by atoms with Gasteiger partial charge in [0.15, 0.2) is 0 Å². The van der Waals surface area contributed by atoms with Crippen molar-refractivity contribution < 1.29 is 19.4 Å². The van der Waals surface area contributed by atoms with Gasteiger partial charge in [0.05, 0.1) is 19.3 Å². The van der Waals surface area contributed by atoms with Crippen molar-refractivity contribution in [3.8, 4) is 0 Å². The van der Waals surface area contributed by atoms with Crippen LogP contribution in [-0.4, -0.2) is 57.7 Å². The third-order valence-electron chi connectivity index (χ3n) is 3.71. The van der Waals surface area contributed by atoms with Gasteiger partial charge in [-0.15, -0.1) is 35.3 Å². The Morgan fingerprint density at radius 3 is 2.15 bits per heavy atom. The number of nitrogens with one attached hydrogen (secondary N) is 1. The molecule has 0 aliphatic rings. The molecule has 1 rings (SSSR count). The molecule has 2 atom stereocenters. The van der Waals surface area contributed by atoms with E-state index < -0.39 is 27.3 Å². The molecule has 0 saturated carbocycles. The van der Waals surface area contributed by atoms with E-state index in [0.717, 1.165) is 5.56 Å². The van der Waals surface area contributed by atoms with Crippen LogP contribution in [0.2, 0.25) is 0 Å². The van der Waals surface area contributed by atoms with Crippen LogP contribution in [0.15, 0.2) is 30.3 Å². The molecule has 0 spiro atoms. The first-order valence-electron chi connectivity index (χ1n) is 8.62. The van der Waals surface area contributed by atoms with Crippen LogP contribution in [0.3, 0.4) is 0 Å². The van der Waals surface area contributed by atoms with Crippen molar-refractivity contribution >= 4 is 41.4 Å². The lowest BCUT2D eigenvalue weighted by Gasteiger charge is -2.38. The maximum atomic E-state index is 12.3. The van der Waals surface area contributed by atoms with Gasteiger partial charge in [-0.3, -0.25) is 0 Å². The van der Waals surface area contributed by atoms with Gasteiger partial charge in [0.2, 0.25) is 0 Å². The van der Waals surface area contributed by atoms with E-state index in [0.29, 0.717) is 6.61 Å². The number of ether oxygens (including phenoxy) is 2. The average molecular weight is 434 g/mol. The number of hydrogen-bond donors (Lipinski definition) is 2. The predicted octanol–water partition coefficient (Wildman–Crippen LogP) is 4.20. The summed E-state index contributed by atoms with van der Waals surface area (Å²) in [5.41, 5.74) is 0.425. The van der Waals surface area contributed by atoms with Crippen LogP contribution in [0.5, 0.6) is 0 Å². The minimum absolute atomic E-state index is 0.179. The van der Waals surface area contributed by atoms with Crippen molar-refractivity contribution in [3.05, 3.63) is 35.9 Å². The van der Waals surface area contributed by atoms with Gasteiger partial charge in [-0.2, -0.15) is 0 Å². The van der Waals surface area contributed by atoms with Crippen molar-refractivity contribution in [3.63, 3.8) is 0 Å². The zero-order valence-corrected chi connectivity index (χ0v) is 19.3. The summed E-state index contributed by atoms with van der Waals surface area (Å²) in [6.45, 7) is 6.00. The van der Waals surface area contributed by atoms with Crippen molar-refractivity contribution in [2.24, 2.45) is 0 Å². The molecule has 0 heterocycles.